The lowest BCUT2D eigenvalue weighted by Gasteiger charge is -2.40. The molecule has 0 spiro atoms. The van der Waals surface area contributed by atoms with Crippen LogP contribution in [0.4, 0.5) is 4.39 Å². The molecule has 0 saturated heterocycles. The standard InChI is InChI=1S/C29H21Br2FN2S/c30-22-10-4-18(5-11-22)16-21-2-1-3-25-27(21)33-29-34(28(25)20-6-12-23(31)13-7-20)26(17-35-29)19-8-14-24(32)15-9-19/h4-17,28H,1-3H2/b21-16+/t28-/m1/s1. The number of fused-ring (bicyclic) bond motifs is 1. The van der Waals surface area contributed by atoms with Crippen LogP contribution in [-0.4, -0.2) is 10.1 Å². The van der Waals surface area contributed by atoms with Crippen LogP contribution in [0.1, 0.15) is 42.0 Å². The molecule has 1 atom stereocenters. The Kier molecular flexibility index (Phi) is 6.29. The molecule has 174 valence electrons. The lowest BCUT2D eigenvalue weighted by molar-refractivity contribution is 0.457. The summed E-state index contributed by atoms with van der Waals surface area (Å²) in [6.07, 6.45) is 5.40. The van der Waals surface area contributed by atoms with E-state index >= 15 is 0 Å². The van der Waals surface area contributed by atoms with E-state index in [-0.39, 0.29) is 11.9 Å². The molecule has 0 amide bonds. The first-order valence-corrected chi connectivity index (χ1v) is 14.0. The van der Waals surface area contributed by atoms with E-state index in [1.165, 1.54) is 34.4 Å². The Balaban J connectivity index is 1.48. The number of hydrogen-bond donors (Lipinski definition) is 0. The molecular formula is C29H21Br2FN2S. The molecule has 6 heteroatoms. The molecule has 3 aromatic carbocycles. The largest absolute Gasteiger partial charge is 0.308 e. The van der Waals surface area contributed by atoms with Crippen molar-refractivity contribution in [2.24, 2.45) is 4.99 Å². The molecule has 0 bridgehead atoms. The quantitative estimate of drug-likeness (QED) is 0.295. The molecule has 2 nitrogen and oxygen atoms in total. The zero-order valence-electron chi connectivity index (χ0n) is 18.7. The Labute approximate surface area is 225 Å². The summed E-state index contributed by atoms with van der Waals surface area (Å²) in [5.74, 6) is -0.225. The minimum atomic E-state index is -0.225. The van der Waals surface area contributed by atoms with Gasteiger partial charge in [-0.05, 0) is 102 Å². The van der Waals surface area contributed by atoms with Crippen LogP contribution in [0.5, 0.6) is 0 Å². The predicted octanol–water partition coefficient (Wildman–Crippen LogP) is 9.33. The summed E-state index contributed by atoms with van der Waals surface area (Å²) >= 11 is 8.77. The lowest BCUT2D eigenvalue weighted by Crippen LogP contribution is -2.34. The Hall–Kier alpha value is -2.41. The topological polar surface area (TPSA) is 15.6 Å². The van der Waals surface area contributed by atoms with E-state index < -0.39 is 0 Å². The van der Waals surface area contributed by atoms with Crippen LogP contribution in [-0.2, 0) is 0 Å². The predicted molar refractivity (Wildman–Crippen MR) is 151 cm³/mol. The van der Waals surface area contributed by atoms with Gasteiger partial charge in [0.1, 0.15) is 5.82 Å². The van der Waals surface area contributed by atoms with Crippen molar-refractivity contribution in [3.05, 3.63) is 127 Å². The number of amidine groups is 1. The van der Waals surface area contributed by atoms with Crippen molar-refractivity contribution in [1.82, 2.24) is 4.90 Å². The van der Waals surface area contributed by atoms with Crippen LogP contribution in [0.25, 0.3) is 11.8 Å². The minimum Gasteiger partial charge on any atom is -0.308 e. The third kappa shape index (κ3) is 4.48. The molecule has 2 aliphatic heterocycles. The van der Waals surface area contributed by atoms with E-state index in [0.29, 0.717) is 0 Å². The number of allylic oxidation sites excluding steroid dienone is 1. The Morgan fingerprint density at radius 2 is 1.57 bits per heavy atom. The van der Waals surface area contributed by atoms with Gasteiger partial charge in [-0.25, -0.2) is 9.38 Å². The Morgan fingerprint density at radius 1 is 0.886 bits per heavy atom. The van der Waals surface area contributed by atoms with Crippen LogP contribution >= 0.6 is 43.6 Å². The SMILES string of the molecule is Fc1ccc(C2=CSC3=NC4=C(CCC/C4=C\c4ccc(Br)cc4)[C@@H](c4ccc(Br)cc4)N23)cc1. The highest BCUT2D eigenvalue weighted by atomic mass is 79.9. The summed E-state index contributed by atoms with van der Waals surface area (Å²) in [6.45, 7) is 0. The zero-order valence-corrected chi connectivity index (χ0v) is 22.7. The first-order chi connectivity index (χ1) is 17.1. The molecule has 1 aliphatic carbocycles. The molecule has 0 N–H and O–H groups in total. The van der Waals surface area contributed by atoms with Crippen LogP contribution in [0, 0.1) is 5.82 Å². The smallest absolute Gasteiger partial charge is 0.174 e. The fraction of sp³-hybridized carbons (Fsp3) is 0.138. The fourth-order valence-corrected chi connectivity index (χ4v) is 6.41. The summed E-state index contributed by atoms with van der Waals surface area (Å²) in [6, 6.07) is 23.8. The highest BCUT2D eigenvalue weighted by Gasteiger charge is 2.40. The molecule has 6 rings (SSSR count). The zero-order chi connectivity index (χ0) is 23.9. The highest BCUT2D eigenvalue weighted by Crippen LogP contribution is 2.51. The average molecular weight is 608 g/mol. The van der Waals surface area contributed by atoms with Gasteiger partial charge in [0.15, 0.2) is 5.17 Å². The second-order valence-electron chi connectivity index (χ2n) is 8.79. The number of hydrogen-bond acceptors (Lipinski definition) is 3. The van der Waals surface area contributed by atoms with E-state index in [1.807, 2.05) is 12.1 Å². The van der Waals surface area contributed by atoms with Gasteiger partial charge in [0.05, 0.1) is 17.4 Å². The molecule has 3 aliphatic rings. The minimum absolute atomic E-state index is 0.0468. The number of halogens is 3. The molecule has 0 fully saturated rings. The van der Waals surface area contributed by atoms with Crippen molar-refractivity contribution in [2.75, 3.05) is 0 Å². The normalized spacial score (nSPS) is 20.5. The highest BCUT2D eigenvalue weighted by molar-refractivity contribution is 9.10. The van der Waals surface area contributed by atoms with Crippen molar-refractivity contribution in [2.45, 2.75) is 25.3 Å². The molecule has 3 aromatic rings. The third-order valence-corrected chi connectivity index (χ3v) is 8.47. The molecular weight excluding hydrogens is 587 g/mol. The van der Waals surface area contributed by atoms with Gasteiger partial charge in [0.25, 0.3) is 0 Å². The van der Waals surface area contributed by atoms with Gasteiger partial charge < -0.3 is 4.90 Å². The van der Waals surface area contributed by atoms with Crippen molar-refractivity contribution < 1.29 is 4.39 Å². The van der Waals surface area contributed by atoms with Crippen molar-refractivity contribution in [1.29, 1.82) is 0 Å². The maximum Gasteiger partial charge on any atom is 0.174 e. The first-order valence-electron chi connectivity index (χ1n) is 11.5. The number of rotatable bonds is 3. The van der Waals surface area contributed by atoms with Gasteiger partial charge in [-0.1, -0.05) is 67.9 Å². The molecule has 35 heavy (non-hydrogen) atoms. The van der Waals surface area contributed by atoms with Crippen LogP contribution in [0.15, 0.2) is 109 Å². The summed E-state index contributed by atoms with van der Waals surface area (Å²) < 4.78 is 15.8. The van der Waals surface area contributed by atoms with E-state index in [0.717, 1.165) is 50.3 Å². The number of nitrogens with zero attached hydrogens (tertiary/aromatic N) is 2. The maximum atomic E-state index is 13.7. The summed E-state index contributed by atoms with van der Waals surface area (Å²) in [7, 11) is 0. The van der Waals surface area contributed by atoms with Crippen LogP contribution < -0.4 is 0 Å². The van der Waals surface area contributed by atoms with Gasteiger partial charge in [0, 0.05) is 14.4 Å². The van der Waals surface area contributed by atoms with Gasteiger partial charge in [0.2, 0.25) is 0 Å². The number of thioether (sulfide) groups is 1. The monoisotopic (exact) mass is 606 g/mol. The molecule has 0 saturated carbocycles. The van der Waals surface area contributed by atoms with Crippen molar-refractivity contribution in [3.63, 3.8) is 0 Å². The van der Waals surface area contributed by atoms with Gasteiger partial charge >= 0.3 is 0 Å². The Morgan fingerprint density at radius 3 is 2.29 bits per heavy atom. The Bertz CT molecular complexity index is 1400. The van der Waals surface area contributed by atoms with Crippen LogP contribution in [0.2, 0.25) is 0 Å². The second-order valence-corrected chi connectivity index (χ2v) is 11.5. The average Bonchev–Trinajstić information content (AvgIpc) is 3.29. The van der Waals surface area contributed by atoms with Gasteiger partial charge in [-0.15, -0.1) is 0 Å². The van der Waals surface area contributed by atoms with E-state index in [9.17, 15) is 4.39 Å². The van der Waals surface area contributed by atoms with E-state index in [1.54, 1.807) is 11.8 Å². The molecule has 0 aromatic heterocycles. The third-order valence-electron chi connectivity index (χ3n) is 6.57. The number of benzene rings is 3. The lowest BCUT2D eigenvalue weighted by atomic mass is 9.83. The number of aliphatic imine (C=N–C) groups is 1. The summed E-state index contributed by atoms with van der Waals surface area (Å²) in [5, 5.41) is 3.12. The second kappa shape index (κ2) is 9.57. The fourth-order valence-electron chi connectivity index (χ4n) is 4.95. The molecule has 0 unspecified atom stereocenters. The molecule has 0 radical (unpaired) electrons. The summed E-state index contributed by atoms with van der Waals surface area (Å²) in [4.78, 5) is 7.56. The first kappa shape index (κ1) is 23.0. The van der Waals surface area contributed by atoms with Crippen molar-refractivity contribution >= 4 is 60.6 Å². The van der Waals surface area contributed by atoms with E-state index in [2.05, 4.69) is 96.8 Å². The maximum absolute atomic E-state index is 13.7. The van der Waals surface area contributed by atoms with Gasteiger partial charge in [-0.3, -0.25) is 0 Å². The molecule has 2 heterocycles. The van der Waals surface area contributed by atoms with Crippen LogP contribution in [0.3, 0.4) is 0 Å². The summed E-state index contributed by atoms with van der Waals surface area (Å²) in [5.41, 5.74) is 8.24. The van der Waals surface area contributed by atoms with Gasteiger partial charge in [-0.2, -0.15) is 0 Å². The van der Waals surface area contributed by atoms with E-state index in [4.69, 9.17) is 4.99 Å². The van der Waals surface area contributed by atoms with Crippen molar-refractivity contribution in [3.8, 4) is 0 Å².